The van der Waals surface area contributed by atoms with Crippen LogP contribution in [0.4, 0.5) is 0 Å². The van der Waals surface area contributed by atoms with Crippen molar-refractivity contribution < 1.29 is 28.3 Å². The zero-order valence-electron chi connectivity index (χ0n) is 15.9. The van der Waals surface area contributed by atoms with Gasteiger partial charge in [-0.25, -0.2) is 4.79 Å². The number of rotatable bonds is 6. The Bertz CT molecular complexity index is 1020. The Morgan fingerprint density at radius 3 is 2.52 bits per heavy atom. The van der Waals surface area contributed by atoms with E-state index >= 15 is 0 Å². The first-order valence-corrected chi connectivity index (χ1v) is 9.70. The van der Waals surface area contributed by atoms with E-state index in [9.17, 15) is 4.79 Å². The van der Waals surface area contributed by atoms with Gasteiger partial charge in [-0.05, 0) is 50.2 Å². The number of halogens is 1. The van der Waals surface area contributed by atoms with Gasteiger partial charge in [-0.1, -0.05) is 21.1 Å². The number of aromatic nitrogens is 1. The summed E-state index contributed by atoms with van der Waals surface area (Å²) in [6.45, 7) is 4.36. The number of carbonyl (C=O) groups excluding carboxylic acids is 1. The van der Waals surface area contributed by atoms with E-state index in [0.29, 0.717) is 29.4 Å². The predicted molar refractivity (Wildman–Crippen MR) is 106 cm³/mol. The lowest BCUT2D eigenvalue weighted by molar-refractivity contribution is 0.0471. The van der Waals surface area contributed by atoms with Gasteiger partial charge < -0.3 is 23.5 Å². The molecular formula is C21H18BrNO6. The molecule has 29 heavy (non-hydrogen) atoms. The average Bonchev–Trinajstić information content (AvgIpc) is 3.30. The molecule has 0 N–H and O–H groups in total. The van der Waals surface area contributed by atoms with Crippen molar-refractivity contribution in [3.05, 3.63) is 69.0 Å². The van der Waals surface area contributed by atoms with Gasteiger partial charge in [0.1, 0.15) is 24.7 Å². The number of esters is 1. The maximum atomic E-state index is 12.4. The molecule has 0 aliphatic carbocycles. The van der Waals surface area contributed by atoms with Crippen LogP contribution in [0.3, 0.4) is 0 Å². The Morgan fingerprint density at radius 1 is 1.10 bits per heavy atom. The number of carbonyl (C=O) groups is 1. The van der Waals surface area contributed by atoms with Crippen LogP contribution in [-0.4, -0.2) is 17.9 Å². The molecule has 4 rings (SSSR count). The highest BCUT2D eigenvalue weighted by atomic mass is 79.9. The van der Waals surface area contributed by atoms with Crippen molar-refractivity contribution in [1.29, 1.82) is 0 Å². The molecule has 0 saturated heterocycles. The van der Waals surface area contributed by atoms with Gasteiger partial charge in [0.2, 0.25) is 6.79 Å². The summed E-state index contributed by atoms with van der Waals surface area (Å²) < 4.78 is 27.8. The number of hydrogen-bond acceptors (Lipinski definition) is 7. The normalized spacial score (nSPS) is 12.1. The molecule has 0 spiro atoms. The molecule has 0 bridgehead atoms. The lowest BCUT2D eigenvalue weighted by atomic mass is 10.2. The van der Waals surface area contributed by atoms with Crippen LogP contribution in [0.25, 0.3) is 0 Å². The molecule has 0 atom stereocenters. The fourth-order valence-corrected chi connectivity index (χ4v) is 3.28. The number of fused-ring (bicyclic) bond motifs is 1. The number of nitrogens with zero attached hydrogens (tertiary/aromatic N) is 1. The van der Waals surface area contributed by atoms with Crippen molar-refractivity contribution in [2.45, 2.75) is 27.1 Å². The van der Waals surface area contributed by atoms with Crippen LogP contribution in [0, 0.1) is 13.8 Å². The molecular weight excluding hydrogens is 442 g/mol. The Labute approximate surface area is 175 Å². The van der Waals surface area contributed by atoms with Gasteiger partial charge in [0.05, 0.1) is 16.8 Å². The Balaban J connectivity index is 1.35. The first kappa shape index (κ1) is 19.3. The zero-order valence-corrected chi connectivity index (χ0v) is 17.4. The van der Waals surface area contributed by atoms with Gasteiger partial charge in [-0.2, -0.15) is 0 Å². The van der Waals surface area contributed by atoms with Crippen molar-refractivity contribution in [3.63, 3.8) is 0 Å². The zero-order chi connectivity index (χ0) is 20.4. The number of hydrogen-bond donors (Lipinski definition) is 0. The van der Waals surface area contributed by atoms with Crippen molar-refractivity contribution in [2.24, 2.45) is 0 Å². The monoisotopic (exact) mass is 459 g/mol. The van der Waals surface area contributed by atoms with E-state index in [1.54, 1.807) is 36.4 Å². The Hall–Kier alpha value is -3.00. The molecule has 0 unspecified atom stereocenters. The fourth-order valence-electron chi connectivity index (χ4n) is 2.85. The second-order valence-electron chi connectivity index (χ2n) is 6.49. The summed E-state index contributed by atoms with van der Waals surface area (Å²) in [6.07, 6.45) is 0. The molecule has 150 valence electrons. The smallest absolute Gasteiger partial charge is 0.338 e. The molecule has 2 aromatic carbocycles. The molecule has 1 aromatic heterocycles. The Kier molecular flexibility index (Phi) is 5.44. The predicted octanol–water partition coefficient (Wildman–Crippen LogP) is 4.72. The number of ether oxygens (including phenoxy) is 4. The van der Waals surface area contributed by atoms with Gasteiger partial charge in [-0.3, -0.25) is 0 Å². The van der Waals surface area contributed by atoms with Crippen LogP contribution in [-0.2, 0) is 18.0 Å². The molecule has 0 fully saturated rings. The van der Waals surface area contributed by atoms with E-state index in [1.807, 2.05) is 13.8 Å². The quantitative estimate of drug-likeness (QED) is 0.493. The molecule has 0 saturated carbocycles. The third kappa shape index (κ3) is 4.22. The second-order valence-corrected chi connectivity index (χ2v) is 7.34. The third-order valence-electron chi connectivity index (χ3n) is 4.55. The maximum absolute atomic E-state index is 12.4. The van der Waals surface area contributed by atoms with Gasteiger partial charge in [0.15, 0.2) is 11.5 Å². The van der Waals surface area contributed by atoms with Crippen molar-refractivity contribution in [3.8, 4) is 17.2 Å². The summed E-state index contributed by atoms with van der Waals surface area (Å²) in [5.74, 6) is 2.25. The van der Waals surface area contributed by atoms with E-state index in [-0.39, 0.29) is 13.4 Å². The summed E-state index contributed by atoms with van der Waals surface area (Å²) in [7, 11) is 0. The molecule has 3 aromatic rings. The summed E-state index contributed by atoms with van der Waals surface area (Å²) in [5.41, 5.74) is 2.95. The van der Waals surface area contributed by atoms with Gasteiger partial charge in [0.25, 0.3) is 0 Å². The molecule has 0 radical (unpaired) electrons. The number of benzene rings is 2. The molecule has 1 aliphatic heterocycles. The van der Waals surface area contributed by atoms with Crippen LogP contribution >= 0.6 is 15.9 Å². The minimum Gasteiger partial charge on any atom is -0.489 e. The standard InChI is InChI=1S/C21H18BrNO6/c1-12-17(13(2)29-23-12)10-25-16-5-3-14(4-6-16)21(24)26-9-15-7-19-20(8-18(15)22)28-11-27-19/h3-8H,9-11H2,1-2H3. The van der Waals surface area contributed by atoms with E-state index in [0.717, 1.165) is 27.1 Å². The first-order chi connectivity index (χ1) is 14.0. The van der Waals surface area contributed by atoms with Crippen LogP contribution in [0.1, 0.15) is 32.9 Å². The SMILES string of the molecule is Cc1noc(C)c1COc1ccc(C(=O)OCc2cc3c(cc2Br)OCO3)cc1. The summed E-state index contributed by atoms with van der Waals surface area (Å²) in [4.78, 5) is 12.4. The largest absolute Gasteiger partial charge is 0.489 e. The summed E-state index contributed by atoms with van der Waals surface area (Å²) in [5, 5.41) is 3.90. The van der Waals surface area contributed by atoms with Crippen LogP contribution in [0.5, 0.6) is 17.2 Å². The molecule has 2 heterocycles. The van der Waals surface area contributed by atoms with Gasteiger partial charge in [0, 0.05) is 10.0 Å². The van der Waals surface area contributed by atoms with E-state index in [1.165, 1.54) is 0 Å². The van der Waals surface area contributed by atoms with Crippen LogP contribution in [0.2, 0.25) is 0 Å². The summed E-state index contributed by atoms with van der Waals surface area (Å²) in [6, 6.07) is 10.4. The van der Waals surface area contributed by atoms with E-state index < -0.39 is 5.97 Å². The van der Waals surface area contributed by atoms with Gasteiger partial charge in [-0.15, -0.1) is 0 Å². The minimum atomic E-state index is -0.424. The molecule has 8 heteroatoms. The fraction of sp³-hybridized carbons (Fsp3) is 0.238. The van der Waals surface area contributed by atoms with Crippen molar-refractivity contribution in [1.82, 2.24) is 5.16 Å². The van der Waals surface area contributed by atoms with Crippen molar-refractivity contribution >= 4 is 21.9 Å². The number of aryl methyl sites for hydroxylation is 2. The summed E-state index contributed by atoms with van der Waals surface area (Å²) >= 11 is 3.45. The van der Waals surface area contributed by atoms with E-state index in [2.05, 4.69) is 21.1 Å². The van der Waals surface area contributed by atoms with Gasteiger partial charge >= 0.3 is 5.97 Å². The topological polar surface area (TPSA) is 80.0 Å². The maximum Gasteiger partial charge on any atom is 0.338 e. The van der Waals surface area contributed by atoms with Crippen LogP contribution in [0.15, 0.2) is 45.4 Å². The molecule has 0 amide bonds. The van der Waals surface area contributed by atoms with Crippen LogP contribution < -0.4 is 14.2 Å². The highest BCUT2D eigenvalue weighted by molar-refractivity contribution is 9.10. The third-order valence-corrected chi connectivity index (χ3v) is 5.29. The van der Waals surface area contributed by atoms with Crippen molar-refractivity contribution in [2.75, 3.05) is 6.79 Å². The lowest BCUT2D eigenvalue weighted by Gasteiger charge is -2.09. The highest BCUT2D eigenvalue weighted by Gasteiger charge is 2.17. The molecule has 1 aliphatic rings. The lowest BCUT2D eigenvalue weighted by Crippen LogP contribution is -2.06. The van der Waals surface area contributed by atoms with E-state index in [4.69, 9.17) is 23.5 Å². The molecule has 7 nitrogen and oxygen atoms in total. The second kappa shape index (κ2) is 8.16. The first-order valence-electron chi connectivity index (χ1n) is 8.91. The minimum absolute atomic E-state index is 0.111. The Morgan fingerprint density at radius 2 is 1.83 bits per heavy atom. The highest BCUT2D eigenvalue weighted by Crippen LogP contribution is 2.37. The average molecular weight is 460 g/mol.